The van der Waals surface area contributed by atoms with E-state index in [0.29, 0.717) is 6.07 Å². The number of benzene rings is 2. The van der Waals surface area contributed by atoms with Crippen molar-refractivity contribution >= 4 is 15.4 Å². The Labute approximate surface area is 156 Å². The Morgan fingerprint density at radius 2 is 1.79 bits per heavy atom. The van der Waals surface area contributed by atoms with E-state index in [2.05, 4.69) is 19.0 Å². The molecule has 0 bridgehead atoms. The molecule has 1 aromatic heterocycles. The second kappa shape index (κ2) is 7.30. The van der Waals surface area contributed by atoms with Crippen molar-refractivity contribution in [3.8, 4) is 11.4 Å². The van der Waals surface area contributed by atoms with Crippen LogP contribution in [0.5, 0.6) is 0 Å². The monoisotopic (exact) mass is 417 g/mol. The number of nitrogens with zero attached hydrogens (tertiary/aromatic N) is 3. The van der Waals surface area contributed by atoms with Crippen LogP contribution in [-0.4, -0.2) is 20.6 Å². The smallest absolute Gasteiger partial charge is 0.329 e. The minimum Gasteiger partial charge on any atom is -0.329 e. The van der Waals surface area contributed by atoms with Crippen LogP contribution in [0.4, 0.5) is 27.6 Å². The van der Waals surface area contributed by atoms with Crippen LogP contribution in [0.1, 0.15) is 11.5 Å². The summed E-state index contributed by atoms with van der Waals surface area (Å²) in [6, 6.07) is 8.53. The molecule has 3 rings (SSSR count). The molecule has 1 heterocycles. The minimum atomic E-state index is -4.75. The quantitative estimate of drug-likeness (QED) is 0.563. The molecule has 1 unspecified atom stereocenters. The van der Waals surface area contributed by atoms with E-state index >= 15 is 0 Å². The van der Waals surface area contributed by atoms with Gasteiger partial charge in [0.25, 0.3) is 0 Å². The van der Waals surface area contributed by atoms with E-state index < -0.39 is 33.4 Å². The maximum atomic E-state index is 13.7. The van der Waals surface area contributed by atoms with E-state index in [0.717, 1.165) is 6.07 Å². The molecule has 0 aliphatic heterocycles. The molecule has 11 heteroatoms. The first-order valence-corrected chi connectivity index (χ1v) is 9.78. The molecule has 0 spiro atoms. The highest BCUT2D eigenvalue weighted by Crippen LogP contribution is 2.30. The van der Waals surface area contributed by atoms with E-state index in [-0.39, 0.29) is 28.4 Å². The van der Waals surface area contributed by atoms with Gasteiger partial charge < -0.3 is 4.52 Å². The van der Waals surface area contributed by atoms with Crippen LogP contribution >= 0.6 is 0 Å². The third kappa shape index (κ3) is 4.71. The maximum Gasteiger partial charge on any atom is 0.471 e. The van der Waals surface area contributed by atoms with Gasteiger partial charge in [-0.2, -0.15) is 22.5 Å². The first kappa shape index (κ1) is 19.9. The fourth-order valence-corrected chi connectivity index (χ4v) is 3.75. The molecule has 0 saturated carbocycles. The zero-order chi connectivity index (χ0) is 20.5. The number of hydrogen-bond acceptors (Lipinski definition) is 5. The summed E-state index contributed by atoms with van der Waals surface area (Å²) in [6.45, 7) is 0. The standard InChI is InChI=1S/C17H12F5N3O2S/c1-28(26,9-11-2-5-12(18)8-14(11)19)25-13-6-3-10(4-7-13)15-23-16(27-24-15)17(20,21)22/h2-8H,9H2,1H3. The fraction of sp³-hybridized carbons (Fsp3) is 0.176. The molecule has 0 radical (unpaired) electrons. The molecular weight excluding hydrogens is 405 g/mol. The van der Waals surface area contributed by atoms with Crippen LogP contribution in [0.25, 0.3) is 11.4 Å². The summed E-state index contributed by atoms with van der Waals surface area (Å²) in [5.74, 6) is -3.52. The van der Waals surface area contributed by atoms with Gasteiger partial charge in [0.2, 0.25) is 5.82 Å². The maximum absolute atomic E-state index is 13.7. The molecule has 0 aliphatic rings. The van der Waals surface area contributed by atoms with Crippen LogP contribution in [0.15, 0.2) is 51.4 Å². The summed E-state index contributed by atoms with van der Waals surface area (Å²) < 4.78 is 85.1. The summed E-state index contributed by atoms with van der Waals surface area (Å²) >= 11 is 0. The Hall–Kier alpha value is -2.82. The molecule has 3 aromatic rings. The largest absolute Gasteiger partial charge is 0.471 e. The van der Waals surface area contributed by atoms with Gasteiger partial charge >= 0.3 is 12.1 Å². The molecule has 0 fully saturated rings. The fourth-order valence-electron chi connectivity index (χ4n) is 2.31. The van der Waals surface area contributed by atoms with Gasteiger partial charge in [0.1, 0.15) is 11.6 Å². The van der Waals surface area contributed by atoms with Crippen molar-refractivity contribution in [1.29, 1.82) is 0 Å². The summed E-state index contributed by atoms with van der Waals surface area (Å²) in [5.41, 5.74) is 0.560. The van der Waals surface area contributed by atoms with E-state index in [1.165, 1.54) is 36.6 Å². The van der Waals surface area contributed by atoms with E-state index in [9.17, 15) is 26.2 Å². The normalized spacial score (nSPS) is 13.9. The Morgan fingerprint density at radius 3 is 2.36 bits per heavy atom. The lowest BCUT2D eigenvalue weighted by molar-refractivity contribution is -0.159. The number of aromatic nitrogens is 2. The molecule has 0 amide bonds. The van der Waals surface area contributed by atoms with E-state index in [1.807, 2.05) is 0 Å². The summed E-state index contributed by atoms with van der Waals surface area (Å²) in [7, 11) is -2.90. The molecule has 148 valence electrons. The molecule has 28 heavy (non-hydrogen) atoms. The van der Waals surface area contributed by atoms with Gasteiger partial charge in [-0.1, -0.05) is 11.2 Å². The summed E-state index contributed by atoms with van der Waals surface area (Å²) in [6.07, 6.45) is -3.43. The van der Waals surface area contributed by atoms with Crippen molar-refractivity contribution in [2.45, 2.75) is 11.9 Å². The SMILES string of the molecule is CS(=O)(Cc1ccc(F)cc1F)=Nc1ccc(-c2noc(C(F)(F)F)n2)cc1. The lowest BCUT2D eigenvalue weighted by atomic mass is 10.2. The number of halogens is 5. The minimum absolute atomic E-state index is 0.0562. The summed E-state index contributed by atoms with van der Waals surface area (Å²) in [5, 5.41) is 3.26. The van der Waals surface area contributed by atoms with Crippen LogP contribution < -0.4 is 0 Å². The van der Waals surface area contributed by atoms with Gasteiger partial charge in [-0.15, -0.1) is 0 Å². The molecule has 0 aliphatic carbocycles. The molecule has 5 nitrogen and oxygen atoms in total. The number of hydrogen-bond donors (Lipinski definition) is 0. The lowest BCUT2D eigenvalue weighted by Gasteiger charge is -2.06. The second-order valence-electron chi connectivity index (χ2n) is 5.90. The predicted molar refractivity (Wildman–Crippen MR) is 91.0 cm³/mol. The van der Waals surface area contributed by atoms with Crippen molar-refractivity contribution < 1.29 is 30.7 Å². The molecule has 0 N–H and O–H groups in total. The first-order valence-electron chi connectivity index (χ1n) is 7.69. The zero-order valence-corrected chi connectivity index (χ0v) is 15.0. The van der Waals surface area contributed by atoms with Crippen LogP contribution in [-0.2, 0) is 21.7 Å². The predicted octanol–water partition coefficient (Wildman–Crippen LogP) is 4.96. The van der Waals surface area contributed by atoms with Crippen molar-refractivity contribution in [2.75, 3.05) is 6.26 Å². The first-order chi connectivity index (χ1) is 13.0. The zero-order valence-electron chi connectivity index (χ0n) is 14.2. The lowest BCUT2D eigenvalue weighted by Crippen LogP contribution is -2.04. The third-order valence-corrected chi connectivity index (χ3v) is 4.97. The molecule has 2 aromatic carbocycles. The van der Waals surface area contributed by atoms with Crippen LogP contribution in [0, 0.1) is 11.6 Å². The number of alkyl halides is 3. The van der Waals surface area contributed by atoms with Crippen molar-refractivity contribution in [1.82, 2.24) is 10.1 Å². The molecule has 1 atom stereocenters. The Bertz CT molecular complexity index is 1120. The average Bonchev–Trinajstić information content (AvgIpc) is 3.08. The van der Waals surface area contributed by atoms with Gasteiger partial charge in [-0.25, -0.2) is 13.0 Å². The molecule has 0 saturated heterocycles. The Kier molecular flexibility index (Phi) is 5.20. The van der Waals surface area contributed by atoms with Gasteiger partial charge in [0.05, 0.1) is 21.2 Å². The highest BCUT2D eigenvalue weighted by atomic mass is 32.2. The van der Waals surface area contributed by atoms with Gasteiger partial charge in [0, 0.05) is 23.4 Å². The summed E-state index contributed by atoms with van der Waals surface area (Å²) in [4.78, 5) is 3.27. The van der Waals surface area contributed by atoms with Gasteiger partial charge in [-0.05, 0) is 30.3 Å². The van der Waals surface area contributed by atoms with Gasteiger partial charge in [0.15, 0.2) is 0 Å². The highest BCUT2D eigenvalue weighted by molar-refractivity contribution is 7.92. The average molecular weight is 417 g/mol. The Morgan fingerprint density at radius 1 is 1.11 bits per heavy atom. The van der Waals surface area contributed by atoms with Gasteiger partial charge in [-0.3, -0.25) is 0 Å². The Balaban J connectivity index is 1.82. The number of rotatable bonds is 4. The van der Waals surface area contributed by atoms with Crippen molar-refractivity contribution in [3.63, 3.8) is 0 Å². The van der Waals surface area contributed by atoms with E-state index in [1.54, 1.807) is 0 Å². The van der Waals surface area contributed by atoms with Crippen LogP contribution in [0.3, 0.4) is 0 Å². The van der Waals surface area contributed by atoms with Crippen LogP contribution in [0.2, 0.25) is 0 Å². The third-order valence-electron chi connectivity index (χ3n) is 3.53. The molecular formula is C17H12F5N3O2S. The van der Waals surface area contributed by atoms with E-state index in [4.69, 9.17) is 0 Å². The topological polar surface area (TPSA) is 68.3 Å². The second-order valence-corrected chi connectivity index (χ2v) is 8.29. The van der Waals surface area contributed by atoms with Crippen molar-refractivity contribution in [3.05, 3.63) is 65.6 Å². The highest BCUT2D eigenvalue weighted by Gasteiger charge is 2.38. The van der Waals surface area contributed by atoms with Crippen molar-refractivity contribution in [2.24, 2.45) is 4.36 Å².